The molecule has 5 rings (SSSR count). The molecule has 0 aliphatic carbocycles. The van der Waals surface area contributed by atoms with E-state index in [-0.39, 0.29) is 5.75 Å². The molecule has 2 aromatic carbocycles. The zero-order valence-electron chi connectivity index (χ0n) is 15.6. The molecule has 5 aromatic rings. The van der Waals surface area contributed by atoms with Crippen molar-refractivity contribution >= 4 is 21.9 Å². The SMILES string of the molecule is COc1ccc(-c2cnc3cc4cn(Cc5cccnc5)nc4cc3n2)cc1F. The van der Waals surface area contributed by atoms with Crippen LogP contribution >= 0.6 is 0 Å². The Morgan fingerprint density at radius 1 is 1.03 bits per heavy atom. The molecule has 0 aliphatic rings. The summed E-state index contributed by atoms with van der Waals surface area (Å²) in [6, 6.07) is 12.5. The number of rotatable bonds is 4. The van der Waals surface area contributed by atoms with Crippen LogP contribution in [0.3, 0.4) is 0 Å². The summed E-state index contributed by atoms with van der Waals surface area (Å²) < 4.78 is 20.9. The first-order valence-electron chi connectivity index (χ1n) is 9.06. The molecule has 0 bridgehead atoms. The van der Waals surface area contributed by atoms with Crippen LogP contribution in [0.4, 0.5) is 4.39 Å². The highest BCUT2D eigenvalue weighted by molar-refractivity contribution is 5.93. The van der Waals surface area contributed by atoms with Crippen LogP contribution in [-0.4, -0.2) is 31.8 Å². The van der Waals surface area contributed by atoms with Crippen LogP contribution in [0.2, 0.25) is 0 Å². The number of ether oxygens (including phenoxy) is 1. The van der Waals surface area contributed by atoms with Gasteiger partial charge in [-0.05, 0) is 42.0 Å². The fourth-order valence-electron chi connectivity index (χ4n) is 3.31. The summed E-state index contributed by atoms with van der Waals surface area (Å²) in [5.74, 6) is -0.236. The molecule has 0 N–H and O–H groups in total. The van der Waals surface area contributed by atoms with Gasteiger partial charge in [0.05, 0.1) is 42.1 Å². The van der Waals surface area contributed by atoms with Crippen molar-refractivity contribution in [2.24, 2.45) is 0 Å². The van der Waals surface area contributed by atoms with Crippen LogP contribution < -0.4 is 4.74 Å². The maximum Gasteiger partial charge on any atom is 0.165 e. The van der Waals surface area contributed by atoms with Crippen LogP contribution in [-0.2, 0) is 6.54 Å². The fraction of sp³-hybridized carbons (Fsp3) is 0.0909. The zero-order chi connectivity index (χ0) is 19.8. The lowest BCUT2D eigenvalue weighted by Crippen LogP contribution is -1.99. The largest absolute Gasteiger partial charge is 0.494 e. The second-order valence-corrected chi connectivity index (χ2v) is 6.69. The van der Waals surface area contributed by atoms with Crippen molar-refractivity contribution in [2.45, 2.75) is 6.54 Å². The number of benzene rings is 2. The van der Waals surface area contributed by atoms with Crippen LogP contribution in [0.15, 0.2) is 67.3 Å². The van der Waals surface area contributed by atoms with Gasteiger partial charge in [-0.25, -0.2) is 9.37 Å². The number of aromatic nitrogens is 5. The molecular weight excluding hydrogens is 369 g/mol. The van der Waals surface area contributed by atoms with Crippen molar-refractivity contribution in [1.29, 1.82) is 0 Å². The molecule has 3 aromatic heterocycles. The van der Waals surface area contributed by atoms with E-state index >= 15 is 0 Å². The normalized spacial score (nSPS) is 11.2. The summed E-state index contributed by atoms with van der Waals surface area (Å²) in [6.07, 6.45) is 7.21. The number of fused-ring (bicyclic) bond motifs is 2. The van der Waals surface area contributed by atoms with Crippen molar-refractivity contribution in [2.75, 3.05) is 7.11 Å². The van der Waals surface area contributed by atoms with Crippen LogP contribution in [0, 0.1) is 5.82 Å². The monoisotopic (exact) mass is 385 g/mol. The Labute approximate surface area is 165 Å². The van der Waals surface area contributed by atoms with E-state index in [1.807, 2.05) is 41.3 Å². The summed E-state index contributed by atoms with van der Waals surface area (Å²) >= 11 is 0. The number of methoxy groups -OCH3 is 1. The van der Waals surface area contributed by atoms with Crippen molar-refractivity contribution in [3.05, 3.63) is 78.6 Å². The molecule has 142 valence electrons. The predicted molar refractivity (Wildman–Crippen MR) is 108 cm³/mol. The fourth-order valence-corrected chi connectivity index (χ4v) is 3.31. The van der Waals surface area contributed by atoms with E-state index in [4.69, 9.17) is 4.74 Å². The lowest BCUT2D eigenvalue weighted by atomic mass is 10.1. The van der Waals surface area contributed by atoms with Crippen molar-refractivity contribution in [1.82, 2.24) is 24.7 Å². The molecule has 0 radical (unpaired) electrons. The van der Waals surface area contributed by atoms with E-state index in [2.05, 4.69) is 20.1 Å². The Balaban J connectivity index is 1.53. The topological polar surface area (TPSA) is 65.7 Å². The van der Waals surface area contributed by atoms with Crippen LogP contribution in [0.25, 0.3) is 33.2 Å². The third-order valence-corrected chi connectivity index (χ3v) is 4.73. The minimum atomic E-state index is -0.434. The van der Waals surface area contributed by atoms with E-state index in [0.29, 0.717) is 23.3 Å². The van der Waals surface area contributed by atoms with Gasteiger partial charge in [0, 0.05) is 29.5 Å². The summed E-state index contributed by atoms with van der Waals surface area (Å²) in [5.41, 5.74) is 4.60. The van der Waals surface area contributed by atoms with Gasteiger partial charge in [-0.2, -0.15) is 5.10 Å². The van der Waals surface area contributed by atoms with E-state index in [1.165, 1.54) is 13.2 Å². The Hall–Kier alpha value is -3.87. The highest BCUT2D eigenvalue weighted by Crippen LogP contribution is 2.26. The summed E-state index contributed by atoms with van der Waals surface area (Å²) in [5, 5.41) is 5.63. The summed E-state index contributed by atoms with van der Waals surface area (Å²) in [6.45, 7) is 0.635. The molecule has 0 spiro atoms. The Morgan fingerprint density at radius 2 is 1.97 bits per heavy atom. The lowest BCUT2D eigenvalue weighted by molar-refractivity contribution is 0.386. The second kappa shape index (κ2) is 6.94. The average molecular weight is 385 g/mol. The number of nitrogens with zero attached hydrogens (tertiary/aromatic N) is 5. The number of hydrogen-bond donors (Lipinski definition) is 0. The van der Waals surface area contributed by atoms with Crippen LogP contribution in [0.5, 0.6) is 5.75 Å². The Bertz CT molecular complexity index is 1330. The molecular formula is C22H16FN5O. The summed E-state index contributed by atoms with van der Waals surface area (Å²) in [7, 11) is 1.44. The van der Waals surface area contributed by atoms with Crippen molar-refractivity contribution in [3.8, 4) is 17.0 Å². The van der Waals surface area contributed by atoms with Crippen LogP contribution in [0.1, 0.15) is 5.56 Å². The van der Waals surface area contributed by atoms with Gasteiger partial charge < -0.3 is 4.74 Å². The molecule has 0 aliphatic heterocycles. The van der Waals surface area contributed by atoms with Gasteiger partial charge in [-0.1, -0.05) is 6.07 Å². The van der Waals surface area contributed by atoms with E-state index in [9.17, 15) is 4.39 Å². The van der Waals surface area contributed by atoms with Gasteiger partial charge in [-0.3, -0.25) is 14.6 Å². The lowest BCUT2D eigenvalue weighted by Gasteiger charge is -2.05. The Kier molecular flexibility index (Phi) is 4.13. The highest BCUT2D eigenvalue weighted by atomic mass is 19.1. The highest BCUT2D eigenvalue weighted by Gasteiger charge is 2.10. The molecule has 0 saturated heterocycles. The minimum Gasteiger partial charge on any atom is -0.494 e. The van der Waals surface area contributed by atoms with Crippen molar-refractivity contribution in [3.63, 3.8) is 0 Å². The van der Waals surface area contributed by atoms with Gasteiger partial charge in [-0.15, -0.1) is 0 Å². The Morgan fingerprint density at radius 3 is 2.76 bits per heavy atom. The average Bonchev–Trinajstić information content (AvgIpc) is 3.13. The maximum atomic E-state index is 14.0. The molecule has 0 unspecified atom stereocenters. The summed E-state index contributed by atoms with van der Waals surface area (Å²) in [4.78, 5) is 13.3. The molecule has 0 atom stereocenters. The quantitative estimate of drug-likeness (QED) is 0.463. The molecule has 29 heavy (non-hydrogen) atoms. The smallest absolute Gasteiger partial charge is 0.165 e. The zero-order valence-corrected chi connectivity index (χ0v) is 15.6. The third kappa shape index (κ3) is 3.27. The maximum absolute atomic E-state index is 14.0. The van der Waals surface area contributed by atoms with Gasteiger partial charge in [0.2, 0.25) is 0 Å². The third-order valence-electron chi connectivity index (χ3n) is 4.73. The number of pyridine rings is 1. The first-order valence-corrected chi connectivity index (χ1v) is 9.06. The standard InChI is InChI=1S/C22H16FN5O/c1-29-22-5-4-15(7-17(22)23)21-11-25-19-8-16-13-28(12-14-3-2-6-24-10-14)27-18(16)9-20(19)26-21/h2-11,13H,12H2,1H3. The number of hydrogen-bond acceptors (Lipinski definition) is 5. The first kappa shape index (κ1) is 17.2. The van der Waals surface area contributed by atoms with E-state index in [0.717, 1.165) is 22.0 Å². The van der Waals surface area contributed by atoms with Gasteiger partial charge in [0.25, 0.3) is 0 Å². The predicted octanol–water partition coefficient (Wildman–Crippen LogP) is 4.24. The van der Waals surface area contributed by atoms with Crippen molar-refractivity contribution < 1.29 is 9.13 Å². The number of halogens is 1. The van der Waals surface area contributed by atoms with E-state index < -0.39 is 5.82 Å². The van der Waals surface area contributed by atoms with Gasteiger partial charge >= 0.3 is 0 Å². The second-order valence-electron chi connectivity index (χ2n) is 6.69. The molecule has 0 saturated carbocycles. The molecule has 7 heteroatoms. The first-order chi connectivity index (χ1) is 14.2. The molecule has 3 heterocycles. The molecule has 0 fully saturated rings. The molecule has 0 amide bonds. The minimum absolute atomic E-state index is 0.198. The molecule has 6 nitrogen and oxygen atoms in total. The van der Waals surface area contributed by atoms with Gasteiger partial charge in [0.15, 0.2) is 11.6 Å². The van der Waals surface area contributed by atoms with Gasteiger partial charge in [0.1, 0.15) is 0 Å². The van der Waals surface area contributed by atoms with E-state index in [1.54, 1.807) is 24.5 Å².